The van der Waals surface area contributed by atoms with Gasteiger partial charge >= 0.3 is 0 Å². The normalized spacial score (nSPS) is 11.6. The lowest BCUT2D eigenvalue weighted by Gasteiger charge is -2.18. The quantitative estimate of drug-likeness (QED) is 0.566. The van der Waals surface area contributed by atoms with Crippen molar-refractivity contribution >= 4 is 27.5 Å². The van der Waals surface area contributed by atoms with Crippen LogP contribution < -0.4 is 10.0 Å². The van der Waals surface area contributed by atoms with Crippen LogP contribution in [0.1, 0.15) is 31.4 Å². The number of benzene rings is 2. The van der Waals surface area contributed by atoms with Crippen molar-refractivity contribution in [2.45, 2.75) is 38.3 Å². The van der Waals surface area contributed by atoms with Crippen LogP contribution in [0.4, 0.5) is 0 Å². The molecule has 0 heterocycles. The average molecular weight is 438 g/mol. The molecule has 29 heavy (non-hydrogen) atoms. The molecule has 0 bridgehead atoms. The molecule has 0 aliphatic heterocycles. The Balaban J connectivity index is 1.75. The largest absolute Gasteiger partial charge is 0.352 e. The first-order chi connectivity index (χ1) is 13.8. The lowest BCUT2D eigenvalue weighted by molar-refractivity contribution is -0.121. The standard InChI is InChI=1S/C21H28ClN3O3S/c1-3-25(4-2)16-18-10-8-17(9-11-18)15-23-21(26)12-13-24-29(27,28)20-7-5-6-19(22)14-20/h5-11,14,24H,3-4,12-13,15-16H2,1-2H3,(H,23,26). The van der Waals surface area contributed by atoms with Crippen LogP contribution in [-0.2, 0) is 27.9 Å². The number of carbonyl (C=O) groups excluding carboxylic acids is 1. The zero-order valence-corrected chi connectivity index (χ0v) is 18.4. The Bertz CT molecular complexity index is 898. The number of rotatable bonds is 11. The third kappa shape index (κ3) is 7.78. The molecule has 8 heteroatoms. The van der Waals surface area contributed by atoms with Crippen molar-refractivity contribution in [3.63, 3.8) is 0 Å². The van der Waals surface area contributed by atoms with E-state index in [0.717, 1.165) is 25.2 Å². The molecule has 2 aromatic rings. The molecule has 0 saturated carbocycles. The minimum absolute atomic E-state index is 0.0173. The zero-order valence-electron chi connectivity index (χ0n) is 16.8. The Morgan fingerprint density at radius 1 is 1.03 bits per heavy atom. The summed E-state index contributed by atoms with van der Waals surface area (Å²) in [6.07, 6.45) is 0.0554. The Hall–Kier alpha value is -1.93. The number of sulfonamides is 1. The molecule has 0 aromatic heterocycles. The van der Waals surface area contributed by atoms with Gasteiger partial charge in [0.2, 0.25) is 15.9 Å². The first-order valence-corrected chi connectivity index (χ1v) is 11.5. The van der Waals surface area contributed by atoms with Gasteiger partial charge in [0.15, 0.2) is 0 Å². The van der Waals surface area contributed by atoms with Gasteiger partial charge in [-0.05, 0) is 42.4 Å². The molecule has 0 atom stereocenters. The van der Waals surface area contributed by atoms with E-state index < -0.39 is 10.0 Å². The maximum Gasteiger partial charge on any atom is 0.240 e. The highest BCUT2D eigenvalue weighted by Crippen LogP contribution is 2.15. The van der Waals surface area contributed by atoms with Crippen molar-refractivity contribution in [1.82, 2.24) is 14.9 Å². The molecular weight excluding hydrogens is 410 g/mol. The molecule has 0 fully saturated rings. The van der Waals surface area contributed by atoms with Crippen LogP contribution in [0.2, 0.25) is 5.02 Å². The number of nitrogens with one attached hydrogen (secondary N) is 2. The second kappa shape index (κ2) is 11.3. The number of amides is 1. The summed E-state index contributed by atoms with van der Waals surface area (Å²) in [6, 6.07) is 14.1. The molecule has 158 valence electrons. The number of carbonyl (C=O) groups is 1. The molecule has 2 aromatic carbocycles. The predicted molar refractivity (Wildman–Crippen MR) is 116 cm³/mol. The van der Waals surface area contributed by atoms with Crippen LogP contribution in [0.5, 0.6) is 0 Å². The van der Waals surface area contributed by atoms with Gasteiger partial charge in [0.05, 0.1) is 4.90 Å². The molecule has 0 aliphatic rings. The van der Waals surface area contributed by atoms with Crippen LogP contribution >= 0.6 is 11.6 Å². The van der Waals surface area contributed by atoms with Gasteiger partial charge in [-0.1, -0.05) is 55.8 Å². The van der Waals surface area contributed by atoms with Gasteiger partial charge < -0.3 is 5.32 Å². The molecule has 0 spiro atoms. The summed E-state index contributed by atoms with van der Waals surface area (Å²) in [5.74, 6) is -0.217. The van der Waals surface area contributed by atoms with Gasteiger partial charge in [0.25, 0.3) is 0 Å². The summed E-state index contributed by atoms with van der Waals surface area (Å²) in [5.41, 5.74) is 2.24. The first-order valence-electron chi connectivity index (χ1n) is 9.66. The Labute approximate surface area is 178 Å². The van der Waals surface area contributed by atoms with Crippen LogP contribution in [0, 0.1) is 0 Å². The summed E-state index contributed by atoms with van der Waals surface area (Å²) in [7, 11) is -3.68. The van der Waals surface area contributed by atoms with Gasteiger partial charge in [-0.25, -0.2) is 13.1 Å². The summed E-state index contributed by atoms with van der Waals surface area (Å²) >= 11 is 5.83. The minimum atomic E-state index is -3.68. The highest BCUT2D eigenvalue weighted by molar-refractivity contribution is 7.89. The first kappa shape index (κ1) is 23.3. The van der Waals surface area contributed by atoms with E-state index in [-0.39, 0.29) is 23.8 Å². The Kier molecular flexibility index (Phi) is 9.10. The maximum atomic E-state index is 12.2. The number of nitrogens with zero attached hydrogens (tertiary/aromatic N) is 1. The highest BCUT2D eigenvalue weighted by atomic mass is 35.5. The van der Waals surface area contributed by atoms with Crippen LogP contribution in [0.15, 0.2) is 53.4 Å². The van der Waals surface area contributed by atoms with Crippen molar-refractivity contribution in [2.75, 3.05) is 19.6 Å². The van der Waals surface area contributed by atoms with Crippen molar-refractivity contribution in [2.24, 2.45) is 0 Å². The van der Waals surface area contributed by atoms with Gasteiger partial charge in [-0.3, -0.25) is 9.69 Å². The lowest BCUT2D eigenvalue weighted by Crippen LogP contribution is -2.30. The van der Waals surface area contributed by atoms with E-state index in [9.17, 15) is 13.2 Å². The fourth-order valence-electron chi connectivity index (χ4n) is 2.77. The Morgan fingerprint density at radius 3 is 2.31 bits per heavy atom. The lowest BCUT2D eigenvalue weighted by atomic mass is 10.1. The van der Waals surface area contributed by atoms with E-state index in [0.29, 0.717) is 11.6 Å². The van der Waals surface area contributed by atoms with Crippen LogP contribution in [-0.4, -0.2) is 38.9 Å². The molecule has 0 radical (unpaired) electrons. The summed E-state index contributed by atoms with van der Waals surface area (Å²) in [5, 5.41) is 3.15. The Morgan fingerprint density at radius 2 is 1.69 bits per heavy atom. The smallest absolute Gasteiger partial charge is 0.240 e. The summed E-state index contributed by atoms with van der Waals surface area (Å²) in [4.78, 5) is 14.4. The second-order valence-corrected chi connectivity index (χ2v) is 8.86. The number of hydrogen-bond acceptors (Lipinski definition) is 4. The third-order valence-corrected chi connectivity index (χ3v) is 6.26. The van der Waals surface area contributed by atoms with E-state index in [1.165, 1.54) is 17.7 Å². The third-order valence-electron chi connectivity index (χ3n) is 4.56. The van der Waals surface area contributed by atoms with E-state index >= 15 is 0 Å². The highest BCUT2D eigenvalue weighted by Gasteiger charge is 2.14. The topological polar surface area (TPSA) is 78.5 Å². The van der Waals surface area contributed by atoms with E-state index in [4.69, 9.17) is 11.6 Å². The average Bonchev–Trinajstić information content (AvgIpc) is 2.71. The van der Waals surface area contributed by atoms with Crippen molar-refractivity contribution in [3.05, 3.63) is 64.7 Å². The van der Waals surface area contributed by atoms with Crippen molar-refractivity contribution in [1.29, 1.82) is 0 Å². The summed E-state index contributed by atoms with van der Waals surface area (Å²) < 4.78 is 26.8. The predicted octanol–water partition coefficient (Wildman–Crippen LogP) is 3.17. The number of halogens is 1. The molecule has 0 aliphatic carbocycles. The van der Waals surface area contributed by atoms with Gasteiger partial charge in [0.1, 0.15) is 0 Å². The molecule has 2 rings (SSSR count). The van der Waals surface area contributed by atoms with Gasteiger partial charge in [0, 0.05) is 31.1 Å². The fraction of sp³-hybridized carbons (Fsp3) is 0.381. The monoisotopic (exact) mass is 437 g/mol. The van der Waals surface area contributed by atoms with E-state index in [1.807, 2.05) is 12.1 Å². The molecule has 0 saturated heterocycles. The zero-order chi connectivity index (χ0) is 21.3. The van der Waals surface area contributed by atoms with Crippen LogP contribution in [0.3, 0.4) is 0 Å². The van der Waals surface area contributed by atoms with Gasteiger partial charge in [-0.2, -0.15) is 0 Å². The molecule has 0 unspecified atom stereocenters. The second-order valence-electron chi connectivity index (χ2n) is 6.66. The molecule has 2 N–H and O–H groups in total. The van der Waals surface area contributed by atoms with E-state index in [1.54, 1.807) is 12.1 Å². The van der Waals surface area contributed by atoms with Crippen molar-refractivity contribution < 1.29 is 13.2 Å². The fourth-order valence-corrected chi connectivity index (χ4v) is 4.11. The molecule has 6 nitrogen and oxygen atoms in total. The van der Waals surface area contributed by atoms with E-state index in [2.05, 4.69) is 40.9 Å². The SMILES string of the molecule is CCN(CC)Cc1ccc(CNC(=O)CCNS(=O)(=O)c2cccc(Cl)c2)cc1. The van der Waals surface area contributed by atoms with Crippen LogP contribution in [0.25, 0.3) is 0 Å². The number of hydrogen-bond donors (Lipinski definition) is 2. The van der Waals surface area contributed by atoms with Gasteiger partial charge in [-0.15, -0.1) is 0 Å². The maximum absolute atomic E-state index is 12.2. The minimum Gasteiger partial charge on any atom is -0.352 e. The molecular formula is C21H28ClN3O3S. The molecule has 1 amide bonds. The van der Waals surface area contributed by atoms with Crippen molar-refractivity contribution in [3.8, 4) is 0 Å². The summed E-state index contributed by atoms with van der Waals surface area (Å²) in [6.45, 7) is 7.64.